The van der Waals surface area contributed by atoms with Crippen molar-refractivity contribution in [1.29, 1.82) is 0 Å². The third-order valence-corrected chi connectivity index (χ3v) is 2.93. The summed E-state index contributed by atoms with van der Waals surface area (Å²) in [7, 11) is 1.68. The molecule has 94 valence electrons. The molecule has 2 N–H and O–H groups in total. The minimum Gasteiger partial charge on any atom is -0.338 e. The largest absolute Gasteiger partial charge is 0.338 e. The third kappa shape index (κ3) is 4.02. The Morgan fingerprint density at radius 3 is 2.76 bits per heavy atom. The molecule has 0 aliphatic rings. The second-order valence-corrected chi connectivity index (χ2v) is 4.50. The average Bonchev–Trinajstić information content (AvgIpc) is 2.64. The van der Waals surface area contributed by atoms with Gasteiger partial charge in [0.2, 0.25) is 11.1 Å². The van der Waals surface area contributed by atoms with E-state index < -0.39 is 11.3 Å². The van der Waals surface area contributed by atoms with Gasteiger partial charge in [0.15, 0.2) is 0 Å². The van der Waals surface area contributed by atoms with E-state index in [1.54, 1.807) is 20.9 Å². The molecule has 17 heavy (non-hydrogen) atoms. The number of nitrogens with zero attached hydrogens (tertiary/aromatic N) is 4. The summed E-state index contributed by atoms with van der Waals surface area (Å²) in [6.07, 6.45) is 0. The van der Waals surface area contributed by atoms with Crippen LogP contribution in [0.5, 0.6) is 0 Å². The first-order valence-electron chi connectivity index (χ1n) is 5.02. The van der Waals surface area contributed by atoms with Gasteiger partial charge in [0.1, 0.15) is 0 Å². The Labute approximate surface area is 103 Å². The Morgan fingerprint density at radius 1 is 1.53 bits per heavy atom. The highest BCUT2D eigenvalue weighted by Gasteiger charge is 2.19. The van der Waals surface area contributed by atoms with Crippen LogP contribution in [0.4, 0.5) is 4.79 Å². The van der Waals surface area contributed by atoms with Crippen LogP contribution in [0.25, 0.3) is 0 Å². The Bertz CT molecular complexity index is 406. The molecule has 0 spiro atoms. The number of carbonyl (C=O) groups is 2. The molecule has 0 aliphatic heterocycles. The molecule has 1 rings (SSSR count). The van der Waals surface area contributed by atoms with Crippen molar-refractivity contribution in [2.45, 2.75) is 24.3 Å². The highest BCUT2D eigenvalue weighted by molar-refractivity contribution is 8.00. The molecule has 1 heterocycles. The van der Waals surface area contributed by atoms with Gasteiger partial charge < -0.3 is 5.32 Å². The Morgan fingerprint density at radius 2 is 2.24 bits per heavy atom. The van der Waals surface area contributed by atoms with Crippen molar-refractivity contribution >= 4 is 23.7 Å². The van der Waals surface area contributed by atoms with Gasteiger partial charge in [-0.1, -0.05) is 11.8 Å². The lowest BCUT2D eigenvalue weighted by atomic mass is 10.4. The highest BCUT2D eigenvalue weighted by Crippen LogP contribution is 2.18. The Balaban J connectivity index is 2.47. The predicted molar refractivity (Wildman–Crippen MR) is 61.3 cm³/mol. The maximum absolute atomic E-state index is 11.6. The number of urea groups is 1. The standard InChI is InChI=1S/C8H14N6O2S/c1-4-9-7(16)10-6(15)5(2)17-8-11-12-13-14(8)3/h5H,4H2,1-3H3,(H2,9,10,15,16). The van der Waals surface area contributed by atoms with Crippen LogP contribution < -0.4 is 10.6 Å². The lowest BCUT2D eigenvalue weighted by Crippen LogP contribution is -2.42. The summed E-state index contributed by atoms with van der Waals surface area (Å²) in [5, 5.41) is 15.6. The lowest BCUT2D eigenvalue weighted by molar-refractivity contribution is -0.119. The maximum Gasteiger partial charge on any atom is 0.321 e. The van der Waals surface area contributed by atoms with E-state index in [0.717, 1.165) is 0 Å². The molecule has 0 bridgehead atoms. The average molecular weight is 258 g/mol. The van der Waals surface area contributed by atoms with E-state index in [9.17, 15) is 9.59 Å². The van der Waals surface area contributed by atoms with Crippen LogP contribution in [0, 0.1) is 0 Å². The number of nitrogens with one attached hydrogen (secondary N) is 2. The zero-order chi connectivity index (χ0) is 12.8. The zero-order valence-corrected chi connectivity index (χ0v) is 10.6. The third-order valence-electron chi connectivity index (χ3n) is 1.81. The molecule has 9 heteroatoms. The van der Waals surface area contributed by atoms with Gasteiger partial charge in [-0.25, -0.2) is 9.48 Å². The number of hydrogen-bond acceptors (Lipinski definition) is 6. The van der Waals surface area contributed by atoms with Crippen LogP contribution >= 0.6 is 11.8 Å². The van der Waals surface area contributed by atoms with Crippen LogP contribution in [0.3, 0.4) is 0 Å². The Hall–Kier alpha value is -1.64. The van der Waals surface area contributed by atoms with Crippen LogP contribution in [0.1, 0.15) is 13.8 Å². The smallest absolute Gasteiger partial charge is 0.321 e. The predicted octanol–water partition coefficient (Wildman–Crippen LogP) is -0.464. The normalized spacial score (nSPS) is 11.9. The van der Waals surface area contributed by atoms with Crippen LogP contribution in [0.2, 0.25) is 0 Å². The van der Waals surface area contributed by atoms with Gasteiger partial charge in [-0.05, 0) is 24.3 Å². The van der Waals surface area contributed by atoms with Gasteiger partial charge in [0, 0.05) is 13.6 Å². The lowest BCUT2D eigenvalue weighted by Gasteiger charge is -2.09. The number of imide groups is 1. The highest BCUT2D eigenvalue weighted by atomic mass is 32.2. The van der Waals surface area contributed by atoms with Crippen LogP contribution in [-0.2, 0) is 11.8 Å². The molecule has 0 fully saturated rings. The number of carbonyl (C=O) groups excluding carboxylic acids is 2. The summed E-state index contributed by atoms with van der Waals surface area (Å²) in [6.45, 7) is 3.91. The summed E-state index contributed by atoms with van der Waals surface area (Å²) in [5.74, 6) is -0.385. The number of tetrazole rings is 1. The fraction of sp³-hybridized carbons (Fsp3) is 0.625. The van der Waals surface area contributed by atoms with E-state index in [-0.39, 0.29) is 5.91 Å². The first kappa shape index (κ1) is 13.4. The van der Waals surface area contributed by atoms with E-state index in [4.69, 9.17) is 0 Å². The Kier molecular flexibility index (Phi) is 4.88. The number of rotatable bonds is 4. The van der Waals surface area contributed by atoms with Gasteiger partial charge in [0.25, 0.3) is 0 Å². The fourth-order valence-corrected chi connectivity index (χ4v) is 1.71. The summed E-state index contributed by atoms with van der Waals surface area (Å²) in [5.41, 5.74) is 0. The second kappa shape index (κ2) is 6.18. The fourth-order valence-electron chi connectivity index (χ4n) is 0.951. The second-order valence-electron chi connectivity index (χ2n) is 3.19. The molecule has 3 amide bonds. The number of thioether (sulfide) groups is 1. The topological polar surface area (TPSA) is 102 Å². The zero-order valence-electron chi connectivity index (χ0n) is 9.80. The van der Waals surface area contributed by atoms with E-state index in [2.05, 4.69) is 26.2 Å². The minimum absolute atomic E-state index is 0.385. The van der Waals surface area contributed by atoms with E-state index in [0.29, 0.717) is 11.7 Å². The summed E-state index contributed by atoms with van der Waals surface area (Å²) in [4.78, 5) is 22.7. The van der Waals surface area contributed by atoms with Crippen molar-refractivity contribution in [2.75, 3.05) is 6.54 Å². The quantitative estimate of drug-likeness (QED) is 0.708. The molecule has 1 unspecified atom stereocenters. The minimum atomic E-state index is -0.499. The van der Waals surface area contributed by atoms with Crippen molar-refractivity contribution in [1.82, 2.24) is 30.8 Å². The molecular formula is C8H14N6O2S. The molecule has 0 aromatic carbocycles. The van der Waals surface area contributed by atoms with Crippen molar-refractivity contribution in [3.63, 3.8) is 0 Å². The molecule has 0 saturated heterocycles. The van der Waals surface area contributed by atoms with Gasteiger partial charge in [-0.15, -0.1) is 5.10 Å². The van der Waals surface area contributed by atoms with E-state index >= 15 is 0 Å². The van der Waals surface area contributed by atoms with E-state index in [1.807, 2.05) is 0 Å². The van der Waals surface area contributed by atoms with Crippen molar-refractivity contribution in [2.24, 2.45) is 7.05 Å². The number of aromatic nitrogens is 4. The summed E-state index contributed by atoms with van der Waals surface area (Å²) in [6, 6.07) is -0.499. The molecule has 1 aromatic rings. The van der Waals surface area contributed by atoms with Crippen molar-refractivity contribution in [3.05, 3.63) is 0 Å². The van der Waals surface area contributed by atoms with Crippen molar-refractivity contribution < 1.29 is 9.59 Å². The van der Waals surface area contributed by atoms with Crippen LogP contribution in [-0.4, -0.2) is 43.9 Å². The van der Waals surface area contributed by atoms with Gasteiger partial charge in [0.05, 0.1) is 5.25 Å². The first-order valence-corrected chi connectivity index (χ1v) is 5.90. The molecule has 1 aromatic heterocycles. The molecule has 0 aliphatic carbocycles. The SMILES string of the molecule is CCNC(=O)NC(=O)C(C)Sc1nnnn1C. The monoisotopic (exact) mass is 258 g/mol. The van der Waals surface area contributed by atoms with Gasteiger partial charge in [-0.3, -0.25) is 10.1 Å². The first-order chi connectivity index (χ1) is 8.04. The molecule has 8 nitrogen and oxygen atoms in total. The van der Waals surface area contributed by atoms with Crippen molar-refractivity contribution in [3.8, 4) is 0 Å². The van der Waals surface area contributed by atoms with Gasteiger partial charge in [-0.2, -0.15) is 0 Å². The summed E-state index contributed by atoms with van der Waals surface area (Å²) >= 11 is 1.18. The number of aryl methyl sites for hydroxylation is 1. The van der Waals surface area contributed by atoms with E-state index in [1.165, 1.54) is 16.4 Å². The molecule has 1 atom stereocenters. The molecule has 0 saturated carbocycles. The molecule has 0 radical (unpaired) electrons. The molecular weight excluding hydrogens is 244 g/mol. The maximum atomic E-state index is 11.6. The summed E-state index contributed by atoms with van der Waals surface area (Å²) < 4.78 is 1.46. The van der Waals surface area contributed by atoms with Crippen LogP contribution in [0.15, 0.2) is 5.16 Å². The number of amides is 3. The van der Waals surface area contributed by atoms with Gasteiger partial charge >= 0.3 is 6.03 Å². The number of hydrogen-bond donors (Lipinski definition) is 2.